The molecule has 20 heavy (non-hydrogen) atoms. The van der Waals surface area contributed by atoms with E-state index in [1.165, 1.54) is 0 Å². The van der Waals surface area contributed by atoms with Crippen molar-refractivity contribution in [1.82, 2.24) is 9.97 Å². The highest BCUT2D eigenvalue weighted by molar-refractivity contribution is 5.40. The van der Waals surface area contributed by atoms with Gasteiger partial charge in [0.25, 0.3) is 0 Å². The Bertz CT molecular complexity index is 470. The fourth-order valence-electron chi connectivity index (χ4n) is 2.38. The quantitative estimate of drug-likeness (QED) is 0.495. The molecule has 0 amide bonds. The van der Waals surface area contributed by atoms with Gasteiger partial charge in [-0.3, -0.25) is 5.43 Å². The zero-order chi connectivity index (χ0) is 14.8. The third kappa shape index (κ3) is 3.55. The van der Waals surface area contributed by atoms with Crippen molar-refractivity contribution in [1.29, 1.82) is 0 Å². The van der Waals surface area contributed by atoms with Crippen LogP contribution in [0.5, 0.6) is 0 Å². The standard InChI is InChI=1S/C13H22FN5O/c1-12(2)3-5-13(20,6-4-12)8-17-10-9(14)7-16-11(18-10)19-15/h7,20H,3-6,8,15H2,1-2H3,(H2,16,17,18,19). The lowest BCUT2D eigenvalue weighted by atomic mass is 9.71. The number of nitrogens with one attached hydrogen (secondary N) is 2. The number of hydrazine groups is 1. The number of hydrogen-bond acceptors (Lipinski definition) is 6. The van der Waals surface area contributed by atoms with Crippen LogP contribution in [0.1, 0.15) is 39.5 Å². The molecular weight excluding hydrogens is 261 g/mol. The molecule has 0 aliphatic heterocycles. The lowest BCUT2D eigenvalue weighted by molar-refractivity contribution is -0.0146. The van der Waals surface area contributed by atoms with Gasteiger partial charge in [-0.15, -0.1) is 0 Å². The molecule has 0 radical (unpaired) electrons. The topological polar surface area (TPSA) is 96.1 Å². The number of halogens is 1. The van der Waals surface area contributed by atoms with Crippen molar-refractivity contribution in [2.45, 2.75) is 45.1 Å². The summed E-state index contributed by atoms with van der Waals surface area (Å²) < 4.78 is 13.6. The Kier molecular flexibility index (Phi) is 4.10. The molecule has 1 aliphatic rings. The fourth-order valence-corrected chi connectivity index (χ4v) is 2.38. The maximum atomic E-state index is 13.6. The van der Waals surface area contributed by atoms with Crippen LogP contribution >= 0.6 is 0 Å². The molecule has 1 saturated carbocycles. The van der Waals surface area contributed by atoms with Crippen molar-refractivity contribution in [2.24, 2.45) is 11.3 Å². The van der Waals surface area contributed by atoms with Gasteiger partial charge in [0.2, 0.25) is 5.95 Å². The van der Waals surface area contributed by atoms with Crippen molar-refractivity contribution < 1.29 is 9.50 Å². The van der Waals surface area contributed by atoms with Crippen molar-refractivity contribution >= 4 is 11.8 Å². The van der Waals surface area contributed by atoms with E-state index in [2.05, 4.69) is 34.6 Å². The van der Waals surface area contributed by atoms with E-state index < -0.39 is 11.4 Å². The molecule has 0 bridgehead atoms. The number of nitrogen functional groups attached to an aromatic ring is 1. The lowest BCUT2D eigenvalue weighted by Gasteiger charge is -2.40. The summed E-state index contributed by atoms with van der Waals surface area (Å²) in [5.41, 5.74) is 1.71. The van der Waals surface area contributed by atoms with Crippen LogP contribution in [-0.4, -0.2) is 27.2 Å². The highest BCUT2D eigenvalue weighted by Crippen LogP contribution is 2.40. The first-order valence-electron chi connectivity index (χ1n) is 6.79. The van der Waals surface area contributed by atoms with Gasteiger partial charge in [0.05, 0.1) is 11.8 Å². The molecule has 0 atom stereocenters. The van der Waals surface area contributed by atoms with Gasteiger partial charge < -0.3 is 10.4 Å². The van der Waals surface area contributed by atoms with Gasteiger partial charge in [-0.25, -0.2) is 15.2 Å². The molecule has 0 aromatic carbocycles. The second-order valence-electron chi connectivity index (χ2n) is 6.28. The monoisotopic (exact) mass is 283 g/mol. The maximum Gasteiger partial charge on any atom is 0.239 e. The predicted molar refractivity (Wildman–Crippen MR) is 75.5 cm³/mol. The van der Waals surface area contributed by atoms with E-state index in [0.29, 0.717) is 12.8 Å². The van der Waals surface area contributed by atoms with Gasteiger partial charge in [-0.05, 0) is 31.1 Å². The van der Waals surface area contributed by atoms with Crippen LogP contribution in [-0.2, 0) is 0 Å². The maximum absolute atomic E-state index is 13.6. The number of rotatable bonds is 4. The molecule has 0 unspecified atom stereocenters. The number of aliphatic hydroxyl groups is 1. The summed E-state index contributed by atoms with van der Waals surface area (Å²) in [5.74, 6) is 4.80. The van der Waals surface area contributed by atoms with E-state index >= 15 is 0 Å². The van der Waals surface area contributed by atoms with Crippen molar-refractivity contribution in [2.75, 3.05) is 17.3 Å². The molecule has 1 aromatic heterocycles. The van der Waals surface area contributed by atoms with Crippen LogP contribution in [0, 0.1) is 11.2 Å². The Morgan fingerprint density at radius 2 is 2.00 bits per heavy atom. The third-order valence-corrected chi connectivity index (χ3v) is 3.99. The first-order valence-corrected chi connectivity index (χ1v) is 6.79. The SMILES string of the molecule is CC1(C)CCC(O)(CNc2nc(NN)ncc2F)CC1. The molecular formula is C13H22FN5O. The molecule has 2 rings (SSSR count). The number of nitrogens with zero attached hydrogens (tertiary/aromatic N) is 2. The Hall–Kier alpha value is -1.47. The van der Waals surface area contributed by atoms with E-state index in [-0.39, 0.29) is 23.7 Å². The summed E-state index contributed by atoms with van der Waals surface area (Å²) in [6.45, 7) is 4.66. The van der Waals surface area contributed by atoms with E-state index in [1.807, 2.05) is 0 Å². The van der Waals surface area contributed by atoms with E-state index in [0.717, 1.165) is 19.0 Å². The molecule has 0 spiro atoms. The average Bonchev–Trinajstić information content (AvgIpc) is 2.42. The molecule has 1 aromatic rings. The van der Waals surface area contributed by atoms with Crippen LogP contribution in [0.15, 0.2) is 6.20 Å². The summed E-state index contributed by atoms with van der Waals surface area (Å²) in [7, 11) is 0. The first kappa shape index (κ1) is 14.9. The van der Waals surface area contributed by atoms with Gasteiger partial charge >= 0.3 is 0 Å². The molecule has 1 aliphatic carbocycles. The van der Waals surface area contributed by atoms with Crippen molar-refractivity contribution in [3.05, 3.63) is 12.0 Å². The van der Waals surface area contributed by atoms with Crippen LogP contribution in [0.2, 0.25) is 0 Å². The second kappa shape index (κ2) is 5.49. The van der Waals surface area contributed by atoms with E-state index in [9.17, 15) is 9.50 Å². The number of nitrogens with two attached hydrogens (primary N) is 1. The van der Waals surface area contributed by atoms with Gasteiger partial charge in [-0.2, -0.15) is 4.98 Å². The molecule has 5 N–H and O–H groups in total. The van der Waals surface area contributed by atoms with Crippen LogP contribution in [0.4, 0.5) is 16.2 Å². The Balaban J connectivity index is 1.98. The highest BCUT2D eigenvalue weighted by atomic mass is 19.1. The second-order valence-corrected chi connectivity index (χ2v) is 6.28. The van der Waals surface area contributed by atoms with E-state index in [1.54, 1.807) is 0 Å². The molecule has 7 heteroatoms. The first-order chi connectivity index (χ1) is 9.34. The number of hydrogen-bond donors (Lipinski definition) is 4. The van der Waals surface area contributed by atoms with Crippen molar-refractivity contribution in [3.8, 4) is 0 Å². The minimum Gasteiger partial charge on any atom is -0.388 e. The summed E-state index contributed by atoms with van der Waals surface area (Å²) in [6.07, 6.45) is 4.34. The van der Waals surface area contributed by atoms with Crippen LogP contribution in [0.25, 0.3) is 0 Å². The van der Waals surface area contributed by atoms with Gasteiger partial charge in [0, 0.05) is 6.54 Å². The normalized spacial score (nSPS) is 20.4. The van der Waals surface area contributed by atoms with E-state index in [4.69, 9.17) is 5.84 Å². The Morgan fingerprint density at radius 3 is 2.60 bits per heavy atom. The predicted octanol–water partition coefficient (Wildman–Crippen LogP) is 1.64. The zero-order valence-electron chi connectivity index (χ0n) is 11.9. The van der Waals surface area contributed by atoms with Crippen LogP contribution < -0.4 is 16.6 Å². The van der Waals surface area contributed by atoms with Gasteiger partial charge in [0.1, 0.15) is 0 Å². The molecule has 0 saturated heterocycles. The smallest absolute Gasteiger partial charge is 0.239 e. The minimum absolute atomic E-state index is 0.0474. The number of anilines is 2. The largest absolute Gasteiger partial charge is 0.388 e. The fraction of sp³-hybridized carbons (Fsp3) is 0.692. The average molecular weight is 283 g/mol. The summed E-state index contributed by atoms with van der Waals surface area (Å²) in [6, 6.07) is 0. The molecule has 6 nitrogen and oxygen atoms in total. The highest BCUT2D eigenvalue weighted by Gasteiger charge is 2.36. The van der Waals surface area contributed by atoms with Gasteiger partial charge in [0.15, 0.2) is 11.6 Å². The lowest BCUT2D eigenvalue weighted by Crippen LogP contribution is -2.42. The minimum atomic E-state index is -0.816. The van der Waals surface area contributed by atoms with Crippen LogP contribution in [0.3, 0.4) is 0 Å². The summed E-state index contributed by atoms with van der Waals surface area (Å²) in [5, 5.41) is 13.4. The molecule has 1 heterocycles. The van der Waals surface area contributed by atoms with Crippen molar-refractivity contribution in [3.63, 3.8) is 0 Å². The Labute approximate surface area is 118 Å². The third-order valence-electron chi connectivity index (χ3n) is 3.99. The Morgan fingerprint density at radius 1 is 1.35 bits per heavy atom. The molecule has 1 fully saturated rings. The summed E-state index contributed by atoms with van der Waals surface area (Å²) >= 11 is 0. The zero-order valence-corrected chi connectivity index (χ0v) is 11.9. The molecule has 112 valence electrons. The van der Waals surface area contributed by atoms with Gasteiger partial charge in [-0.1, -0.05) is 13.8 Å². The summed E-state index contributed by atoms with van der Waals surface area (Å²) in [4.78, 5) is 7.55. The number of aromatic nitrogens is 2.